The van der Waals surface area contributed by atoms with Crippen molar-refractivity contribution in [3.8, 4) is 11.3 Å². The third-order valence-corrected chi connectivity index (χ3v) is 4.74. The van der Waals surface area contributed by atoms with Gasteiger partial charge in [0, 0.05) is 18.0 Å². The summed E-state index contributed by atoms with van der Waals surface area (Å²) in [4.78, 5) is 17.9. The van der Waals surface area contributed by atoms with Gasteiger partial charge in [0.05, 0.1) is 17.0 Å². The number of benzene rings is 1. The maximum Gasteiger partial charge on any atom is 0.263 e. The molecule has 3 rings (SSSR count). The van der Waals surface area contributed by atoms with Crippen LogP contribution in [-0.4, -0.2) is 16.9 Å². The lowest BCUT2D eigenvalue weighted by Gasteiger charge is -2.13. The molecule has 0 aliphatic rings. The van der Waals surface area contributed by atoms with Gasteiger partial charge in [-0.3, -0.25) is 4.79 Å². The predicted octanol–water partition coefficient (Wildman–Crippen LogP) is 4.46. The van der Waals surface area contributed by atoms with E-state index in [1.165, 1.54) is 11.3 Å². The molecule has 1 aromatic carbocycles. The fourth-order valence-corrected chi connectivity index (χ4v) is 3.39. The summed E-state index contributed by atoms with van der Waals surface area (Å²) in [6.07, 6.45) is 3.31. The predicted molar refractivity (Wildman–Crippen MR) is 96.2 cm³/mol. The Kier molecular flexibility index (Phi) is 5.11. The molecule has 0 radical (unpaired) electrons. The zero-order valence-electron chi connectivity index (χ0n) is 13.8. The van der Waals surface area contributed by atoms with Gasteiger partial charge < -0.3 is 9.73 Å². The molecule has 0 saturated heterocycles. The van der Waals surface area contributed by atoms with Crippen LogP contribution in [0.15, 0.2) is 53.1 Å². The van der Waals surface area contributed by atoms with E-state index < -0.39 is 0 Å². The summed E-state index contributed by atoms with van der Waals surface area (Å²) in [5.41, 5.74) is 1.73. The molecule has 2 heterocycles. The van der Waals surface area contributed by atoms with Crippen molar-refractivity contribution in [2.24, 2.45) is 0 Å². The SMILES string of the molecule is Cc1nc(-c2ccccc2)c(C(=O)NC(C)CCc2ccco2)s1. The second-order valence-corrected chi connectivity index (χ2v) is 6.97. The van der Waals surface area contributed by atoms with Gasteiger partial charge in [-0.2, -0.15) is 0 Å². The van der Waals surface area contributed by atoms with E-state index >= 15 is 0 Å². The Hall–Kier alpha value is -2.40. The number of hydrogen-bond donors (Lipinski definition) is 1. The normalized spacial score (nSPS) is 12.1. The van der Waals surface area contributed by atoms with Crippen molar-refractivity contribution in [2.75, 3.05) is 0 Å². The molecule has 3 aromatic rings. The largest absolute Gasteiger partial charge is 0.469 e. The first-order valence-electron chi connectivity index (χ1n) is 7.99. The second-order valence-electron chi connectivity index (χ2n) is 5.77. The van der Waals surface area contributed by atoms with Gasteiger partial charge in [-0.1, -0.05) is 30.3 Å². The highest BCUT2D eigenvalue weighted by atomic mass is 32.1. The summed E-state index contributed by atoms with van der Waals surface area (Å²) in [6.45, 7) is 3.94. The average Bonchev–Trinajstić information content (AvgIpc) is 3.23. The van der Waals surface area contributed by atoms with Crippen molar-refractivity contribution >= 4 is 17.2 Å². The van der Waals surface area contributed by atoms with Crippen LogP contribution in [0.4, 0.5) is 0 Å². The first-order valence-corrected chi connectivity index (χ1v) is 8.81. The van der Waals surface area contributed by atoms with Gasteiger partial charge in [0.25, 0.3) is 5.91 Å². The number of nitrogens with one attached hydrogen (secondary N) is 1. The lowest BCUT2D eigenvalue weighted by molar-refractivity contribution is 0.0942. The minimum atomic E-state index is -0.0635. The summed E-state index contributed by atoms with van der Waals surface area (Å²) < 4.78 is 5.33. The summed E-state index contributed by atoms with van der Waals surface area (Å²) in [5.74, 6) is 0.876. The summed E-state index contributed by atoms with van der Waals surface area (Å²) in [7, 11) is 0. The van der Waals surface area contributed by atoms with Crippen LogP contribution in [0, 0.1) is 6.92 Å². The third kappa shape index (κ3) is 3.92. The van der Waals surface area contributed by atoms with Crippen molar-refractivity contribution in [1.29, 1.82) is 0 Å². The Balaban J connectivity index is 1.69. The van der Waals surface area contributed by atoms with Crippen LogP contribution in [0.3, 0.4) is 0 Å². The second kappa shape index (κ2) is 7.45. The molecule has 0 bridgehead atoms. The topological polar surface area (TPSA) is 55.1 Å². The molecule has 1 atom stereocenters. The standard InChI is InChI=1S/C19H20N2O2S/c1-13(10-11-16-9-6-12-23-16)20-19(22)18-17(21-14(2)24-18)15-7-4-3-5-8-15/h3-9,12-13H,10-11H2,1-2H3,(H,20,22). The van der Waals surface area contributed by atoms with Crippen LogP contribution in [0.1, 0.15) is 33.8 Å². The minimum Gasteiger partial charge on any atom is -0.469 e. The summed E-state index contributed by atoms with van der Waals surface area (Å²) >= 11 is 1.43. The van der Waals surface area contributed by atoms with Crippen LogP contribution in [0.2, 0.25) is 0 Å². The van der Waals surface area contributed by atoms with Gasteiger partial charge in [-0.05, 0) is 32.4 Å². The number of thiazole rings is 1. The van der Waals surface area contributed by atoms with E-state index in [2.05, 4.69) is 10.3 Å². The van der Waals surface area contributed by atoms with E-state index in [0.29, 0.717) is 4.88 Å². The molecule has 4 nitrogen and oxygen atoms in total. The fraction of sp³-hybridized carbons (Fsp3) is 0.263. The zero-order chi connectivity index (χ0) is 16.9. The molecule has 0 aliphatic carbocycles. The molecule has 1 unspecified atom stereocenters. The minimum absolute atomic E-state index is 0.0635. The van der Waals surface area contributed by atoms with E-state index in [-0.39, 0.29) is 11.9 Å². The highest BCUT2D eigenvalue weighted by molar-refractivity contribution is 7.14. The van der Waals surface area contributed by atoms with Gasteiger partial charge in [0.15, 0.2) is 0 Å². The van der Waals surface area contributed by atoms with Gasteiger partial charge in [-0.15, -0.1) is 11.3 Å². The van der Waals surface area contributed by atoms with E-state index in [4.69, 9.17) is 4.42 Å². The van der Waals surface area contributed by atoms with Gasteiger partial charge in [-0.25, -0.2) is 4.98 Å². The first kappa shape index (κ1) is 16.5. The summed E-state index contributed by atoms with van der Waals surface area (Å²) in [6, 6.07) is 13.7. The molecule has 0 saturated carbocycles. The number of rotatable bonds is 6. The Morgan fingerprint density at radius 1 is 1.25 bits per heavy atom. The van der Waals surface area contributed by atoms with Gasteiger partial charge >= 0.3 is 0 Å². The molecule has 0 fully saturated rings. The molecule has 1 N–H and O–H groups in total. The van der Waals surface area contributed by atoms with Crippen molar-refractivity contribution in [3.05, 3.63) is 64.4 Å². The smallest absolute Gasteiger partial charge is 0.263 e. The third-order valence-electron chi connectivity index (χ3n) is 3.77. The fourth-order valence-electron chi connectivity index (χ4n) is 2.55. The number of carbonyl (C=O) groups is 1. The summed E-state index contributed by atoms with van der Waals surface area (Å²) in [5, 5.41) is 3.96. The Morgan fingerprint density at radius 2 is 2.04 bits per heavy atom. The number of aromatic nitrogens is 1. The number of carbonyl (C=O) groups excluding carboxylic acids is 1. The molecule has 2 aromatic heterocycles. The molecular weight excluding hydrogens is 320 g/mol. The molecular formula is C19H20N2O2S. The van der Waals surface area contributed by atoms with Crippen LogP contribution in [0.5, 0.6) is 0 Å². The lowest BCUT2D eigenvalue weighted by atomic mass is 10.1. The average molecular weight is 340 g/mol. The van der Waals surface area contributed by atoms with Crippen LogP contribution in [-0.2, 0) is 6.42 Å². The number of aryl methyl sites for hydroxylation is 2. The number of furan rings is 1. The maximum absolute atomic E-state index is 12.7. The van der Waals surface area contributed by atoms with Crippen LogP contribution < -0.4 is 5.32 Å². The number of amides is 1. The van der Waals surface area contributed by atoms with E-state index in [1.54, 1.807) is 6.26 Å². The number of hydrogen-bond acceptors (Lipinski definition) is 4. The monoisotopic (exact) mass is 340 g/mol. The Labute approximate surface area is 145 Å². The van der Waals surface area contributed by atoms with Gasteiger partial charge in [0.1, 0.15) is 10.6 Å². The molecule has 5 heteroatoms. The van der Waals surface area contributed by atoms with Crippen molar-refractivity contribution < 1.29 is 9.21 Å². The van der Waals surface area contributed by atoms with Crippen molar-refractivity contribution in [2.45, 2.75) is 32.7 Å². The first-order chi connectivity index (χ1) is 11.6. The number of nitrogens with zero attached hydrogens (tertiary/aromatic N) is 1. The van der Waals surface area contributed by atoms with Crippen molar-refractivity contribution in [3.63, 3.8) is 0 Å². The molecule has 0 spiro atoms. The molecule has 0 aliphatic heterocycles. The Bertz CT molecular complexity index is 794. The highest BCUT2D eigenvalue weighted by Crippen LogP contribution is 2.28. The van der Waals surface area contributed by atoms with E-state index in [0.717, 1.165) is 34.9 Å². The van der Waals surface area contributed by atoms with Crippen LogP contribution in [0.25, 0.3) is 11.3 Å². The lowest BCUT2D eigenvalue weighted by Crippen LogP contribution is -2.32. The van der Waals surface area contributed by atoms with Crippen LogP contribution >= 0.6 is 11.3 Å². The van der Waals surface area contributed by atoms with Gasteiger partial charge in [0.2, 0.25) is 0 Å². The maximum atomic E-state index is 12.7. The molecule has 124 valence electrons. The van der Waals surface area contributed by atoms with Crippen molar-refractivity contribution in [1.82, 2.24) is 10.3 Å². The molecule has 24 heavy (non-hydrogen) atoms. The highest BCUT2D eigenvalue weighted by Gasteiger charge is 2.19. The Morgan fingerprint density at radius 3 is 2.75 bits per heavy atom. The quantitative estimate of drug-likeness (QED) is 0.720. The zero-order valence-corrected chi connectivity index (χ0v) is 14.6. The van der Waals surface area contributed by atoms with E-state index in [1.807, 2.05) is 56.3 Å². The molecule has 1 amide bonds. The van der Waals surface area contributed by atoms with E-state index in [9.17, 15) is 4.79 Å².